The maximum atomic E-state index is 12.1. The van der Waals surface area contributed by atoms with E-state index in [9.17, 15) is 9.59 Å². The van der Waals surface area contributed by atoms with Crippen molar-refractivity contribution in [1.29, 1.82) is 0 Å². The van der Waals surface area contributed by atoms with Gasteiger partial charge in [0.1, 0.15) is 4.88 Å². The molecule has 1 aliphatic rings. The summed E-state index contributed by atoms with van der Waals surface area (Å²) in [7, 11) is 1.34. The maximum absolute atomic E-state index is 12.1. The molecule has 0 N–H and O–H groups in total. The average Bonchev–Trinajstić information content (AvgIpc) is 2.87. The van der Waals surface area contributed by atoms with E-state index in [1.807, 2.05) is 6.26 Å². The van der Waals surface area contributed by atoms with Gasteiger partial charge in [-0.25, -0.2) is 9.59 Å². The molecule has 1 aliphatic carbocycles. The normalized spacial score (nSPS) is 13.9. The van der Waals surface area contributed by atoms with E-state index in [2.05, 4.69) is 0 Å². The van der Waals surface area contributed by atoms with Gasteiger partial charge in [-0.05, 0) is 31.6 Å². The summed E-state index contributed by atoms with van der Waals surface area (Å²) < 4.78 is 10.8. The third-order valence-electron chi connectivity index (χ3n) is 3.16. The van der Waals surface area contributed by atoms with Gasteiger partial charge in [-0.2, -0.15) is 0 Å². The number of hydrogen-bond acceptors (Lipinski definition) is 6. The van der Waals surface area contributed by atoms with Crippen molar-refractivity contribution in [3.8, 4) is 0 Å². The van der Waals surface area contributed by atoms with Crippen LogP contribution in [0.5, 0.6) is 0 Å². The molecule has 0 saturated carbocycles. The second-order valence-electron chi connectivity index (χ2n) is 4.28. The molecule has 0 bridgehead atoms. The van der Waals surface area contributed by atoms with Gasteiger partial charge in [-0.1, -0.05) is 11.6 Å². The van der Waals surface area contributed by atoms with Crippen molar-refractivity contribution in [3.05, 3.63) is 21.6 Å². The first-order chi connectivity index (χ1) is 10.0. The molecule has 0 unspecified atom stereocenters. The average molecular weight is 347 g/mol. The van der Waals surface area contributed by atoms with Gasteiger partial charge in [-0.3, -0.25) is 0 Å². The lowest BCUT2D eigenvalue weighted by Gasteiger charge is -2.17. The predicted octanol–water partition coefficient (Wildman–Crippen LogP) is 3.72. The number of thioether (sulfide) groups is 1. The maximum Gasteiger partial charge on any atom is 0.348 e. The summed E-state index contributed by atoms with van der Waals surface area (Å²) in [6, 6.07) is 0. The Labute approximate surface area is 136 Å². The van der Waals surface area contributed by atoms with Crippen molar-refractivity contribution in [2.45, 2.75) is 24.0 Å². The Morgan fingerprint density at radius 3 is 2.62 bits per heavy atom. The highest BCUT2D eigenvalue weighted by Gasteiger charge is 2.31. The Morgan fingerprint density at radius 2 is 2.05 bits per heavy atom. The molecule has 0 radical (unpaired) electrons. The van der Waals surface area contributed by atoms with Crippen LogP contribution < -0.4 is 0 Å². The fraction of sp³-hybridized carbons (Fsp3) is 0.429. The second-order valence-corrected chi connectivity index (χ2v) is 6.75. The number of thiophene rings is 1. The van der Waals surface area contributed by atoms with Gasteiger partial charge in [0.15, 0.2) is 0 Å². The Bertz CT molecular complexity index is 619. The van der Waals surface area contributed by atoms with Gasteiger partial charge < -0.3 is 9.47 Å². The molecule has 0 aliphatic heterocycles. The molecule has 0 aromatic carbocycles. The molecule has 1 aromatic rings. The molecule has 0 atom stereocenters. The standard InChI is InChI=1S/C14H15ClO4S2/c1-4-19-13(17)11-7-5-6-8(12(16)18-2)10(15)9(7)14(20-3)21-11/h4-6H2,1-3H3. The number of carbonyl (C=O) groups excluding carboxylic acids is 2. The Morgan fingerprint density at radius 1 is 1.33 bits per heavy atom. The van der Waals surface area contributed by atoms with Gasteiger partial charge in [0, 0.05) is 5.56 Å². The van der Waals surface area contributed by atoms with Crippen LogP contribution in [0.2, 0.25) is 0 Å². The minimum absolute atomic E-state index is 0.329. The lowest BCUT2D eigenvalue weighted by molar-refractivity contribution is -0.136. The fourth-order valence-electron chi connectivity index (χ4n) is 2.23. The van der Waals surface area contributed by atoms with Crippen LogP contribution in [0.1, 0.15) is 34.1 Å². The lowest BCUT2D eigenvalue weighted by Crippen LogP contribution is -2.13. The minimum atomic E-state index is -0.415. The number of halogens is 1. The van der Waals surface area contributed by atoms with E-state index in [0.29, 0.717) is 34.9 Å². The van der Waals surface area contributed by atoms with Crippen LogP contribution in [0.3, 0.4) is 0 Å². The molecular formula is C14H15ClO4S2. The van der Waals surface area contributed by atoms with Crippen LogP contribution in [-0.2, 0) is 20.7 Å². The van der Waals surface area contributed by atoms with Gasteiger partial charge in [0.2, 0.25) is 0 Å². The molecule has 0 amide bonds. The molecule has 21 heavy (non-hydrogen) atoms. The van der Waals surface area contributed by atoms with Crippen LogP contribution in [0, 0.1) is 0 Å². The van der Waals surface area contributed by atoms with Crippen molar-refractivity contribution >= 4 is 51.7 Å². The van der Waals surface area contributed by atoms with Crippen molar-refractivity contribution in [1.82, 2.24) is 0 Å². The number of rotatable bonds is 4. The molecule has 114 valence electrons. The number of hydrogen-bond donors (Lipinski definition) is 0. The summed E-state index contributed by atoms with van der Waals surface area (Å²) in [5.74, 6) is -0.744. The predicted molar refractivity (Wildman–Crippen MR) is 85.2 cm³/mol. The third kappa shape index (κ3) is 2.98. The van der Waals surface area contributed by atoms with Gasteiger partial charge >= 0.3 is 11.9 Å². The molecule has 1 heterocycles. The second kappa shape index (κ2) is 6.85. The molecule has 0 spiro atoms. The van der Waals surface area contributed by atoms with E-state index < -0.39 is 5.97 Å². The Hall–Kier alpha value is -0.980. The smallest absolute Gasteiger partial charge is 0.348 e. The van der Waals surface area contributed by atoms with Gasteiger partial charge in [-0.15, -0.1) is 23.1 Å². The molecule has 0 fully saturated rings. The van der Waals surface area contributed by atoms with Crippen molar-refractivity contribution in [3.63, 3.8) is 0 Å². The Balaban J connectivity index is 2.55. The van der Waals surface area contributed by atoms with Gasteiger partial charge in [0.05, 0.1) is 28.5 Å². The number of carbonyl (C=O) groups is 2. The van der Waals surface area contributed by atoms with Crippen molar-refractivity contribution in [2.24, 2.45) is 0 Å². The number of ether oxygens (including phenoxy) is 2. The first-order valence-electron chi connectivity index (χ1n) is 6.39. The minimum Gasteiger partial charge on any atom is -0.466 e. The molecule has 1 aromatic heterocycles. The molecule has 4 nitrogen and oxygen atoms in total. The molecule has 2 rings (SSSR count). The molecule has 7 heteroatoms. The molecule has 0 saturated heterocycles. The fourth-order valence-corrected chi connectivity index (χ4v) is 4.72. The van der Waals surface area contributed by atoms with Crippen LogP contribution in [0.25, 0.3) is 5.03 Å². The van der Waals surface area contributed by atoms with Crippen molar-refractivity contribution < 1.29 is 19.1 Å². The Kier molecular flexibility index (Phi) is 5.35. The van der Waals surface area contributed by atoms with E-state index in [-0.39, 0.29) is 5.97 Å². The highest BCUT2D eigenvalue weighted by atomic mass is 35.5. The number of esters is 2. The highest BCUT2D eigenvalue weighted by molar-refractivity contribution is 8.00. The zero-order valence-electron chi connectivity index (χ0n) is 11.9. The monoisotopic (exact) mass is 346 g/mol. The van der Waals surface area contributed by atoms with Crippen LogP contribution in [-0.4, -0.2) is 31.9 Å². The van der Waals surface area contributed by atoms with Crippen LogP contribution in [0.4, 0.5) is 0 Å². The van der Waals surface area contributed by atoms with E-state index in [1.165, 1.54) is 30.2 Å². The zero-order chi connectivity index (χ0) is 15.6. The van der Waals surface area contributed by atoms with E-state index in [1.54, 1.807) is 6.92 Å². The van der Waals surface area contributed by atoms with Crippen LogP contribution >= 0.6 is 34.7 Å². The summed E-state index contributed by atoms with van der Waals surface area (Å²) in [6.07, 6.45) is 2.97. The van der Waals surface area contributed by atoms with Crippen molar-refractivity contribution in [2.75, 3.05) is 20.0 Å². The third-order valence-corrected chi connectivity index (χ3v) is 5.91. The lowest BCUT2D eigenvalue weighted by atomic mass is 9.93. The van der Waals surface area contributed by atoms with E-state index in [0.717, 1.165) is 15.3 Å². The largest absolute Gasteiger partial charge is 0.466 e. The summed E-state index contributed by atoms with van der Waals surface area (Å²) in [5.41, 5.74) is 2.12. The van der Waals surface area contributed by atoms with Crippen LogP contribution in [0.15, 0.2) is 9.78 Å². The zero-order valence-corrected chi connectivity index (χ0v) is 14.3. The number of fused-ring (bicyclic) bond motifs is 1. The summed E-state index contributed by atoms with van der Waals surface area (Å²) in [4.78, 5) is 24.4. The highest BCUT2D eigenvalue weighted by Crippen LogP contribution is 2.46. The first-order valence-corrected chi connectivity index (χ1v) is 8.81. The topological polar surface area (TPSA) is 52.6 Å². The summed E-state index contributed by atoms with van der Waals surface area (Å²) in [6.45, 7) is 2.10. The van der Waals surface area contributed by atoms with Gasteiger partial charge in [0.25, 0.3) is 0 Å². The first kappa shape index (κ1) is 16.4. The summed E-state index contributed by atoms with van der Waals surface area (Å²) in [5, 5.41) is 0.388. The van der Waals surface area contributed by atoms with E-state index in [4.69, 9.17) is 21.1 Å². The SMILES string of the molecule is CCOC(=O)c1sc(SC)c2c1CCC(C(=O)OC)=C2Cl. The summed E-state index contributed by atoms with van der Waals surface area (Å²) >= 11 is 9.26. The van der Waals surface area contributed by atoms with E-state index >= 15 is 0 Å². The number of methoxy groups -OCH3 is 1. The quantitative estimate of drug-likeness (QED) is 0.614. The molecular weight excluding hydrogens is 332 g/mol.